The van der Waals surface area contributed by atoms with Crippen LogP contribution in [0.25, 0.3) is 0 Å². The van der Waals surface area contributed by atoms with Gasteiger partial charge in [0.05, 0.1) is 11.8 Å². The van der Waals surface area contributed by atoms with E-state index in [9.17, 15) is 17.6 Å². The molecule has 0 atom stereocenters. The molecule has 1 aliphatic rings. The number of amides is 1. The predicted octanol–water partition coefficient (Wildman–Crippen LogP) is 1.47. The van der Waals surface area contributed by atoms with Gasteiger partial charge in [0.25, 0.3) is 5.91 Å². The summed E-state index contributed by atoms with van der Waals surface area (Å²) < 4.78 is 37.7. The molecule has 0 saturated heterocycles. The van der Waals surface area contributed by atoms with Crippen molar-refractivity contribution in [2.45, 2.75) is 19.5 Å². The molecule has 2 heterocycles. The zero-order chi connectivity index (χ0) is 18.0. The quantitative estimate of drug-likeness (QED) is 0.892. The van der Waals surface area contributed by atoms with Crippen LogP contribution in [-0.4, -0.2) is 36.4 Å². The van der Waals surface area contributed by atoms with E-state index in [2.05, 4.69) is 10.3 Å². The van der Waals surface area contributed by atoms with Crippen molar-refractivity contribution < 1.29 is 17.6 Å². The average Bonchev–Trinajstić information content (AvgIpc) is 2.59. The summed E-state index contributed by atoms with van der Waals surface area (Å²) in [6, 6.07) is 5.90. The number of hydrogen-bond acceptors (Lipinski definition) is 4. The Labute approximate surface area is 145 Å². The molecule has 0 bridgehead atoms. The van der Waals surface area contributed by atoms with E-state index < -0.39 is 10.0 Å². The number of fused-ring (bicyclic) bond motifs is 1. The van der Waals surface area contributed by atoms with Crippen molar-refractivity contribution in [2.75, 3.05) is 12.8 Å². The lowest BCUT2D eigenvalue weighted by atomic mass is 9.98. The Bertz CT molecular complexity index is 898. The van der Waals surface area contributed by atoms with E-state index in [-0.39, 0.29) is 24.8 Å². The van der Waals surface area contributed by atoms with Gasteiger partial charge in [0, 0.05) is 32.0 Å². The molecule has 1 aromatic carbocycles. The van der Waals surface area contributed by atoms with Gasteiger partial charge in [-0.25, -0.2) is 12.8 Å². The largest absolute Gasteiger partial charge is 0.348 e. The molecule has 6 nitrogen and oxygen atoms in total. The predicted molar refractivity (Wildman–Crippen MR) is 90.8 cm³/mol. The normalized spacial score (nSPS) is 14.8. The number of benzene rings is 1. The first-order valence-corrected chi connectivity index (χ1v) is 9.63. The summed E-state index contributed by atoms with van der Waals surface area (Å²) >= 11 is 0. The average molecular weight is 363 g/mol. The molecule has 0 radical (unpaired) electrons. The number of halogens is 1. The molecular weight excluding hydrogens is 345 g/mol. The third kappa shape index (κ3) is 4.02. The van der Waals surface area contributed by atoms with Gasteiger partial charge in [-0.1, -0.05) is 12.1 Å². The number of rotatable bonds is 4. The van der Waals surface area contributed by atoms with Crippen molar-refractivity contribution in [1.29, 1.82) is 0 Å². The molecule has 132 valence electrons. The van der Waals surface area contributed by atoms with Crippen LogP contribution in [0.4, 0.5) is 4.39 Å². The van der Waals surface area contributed by atoms with Crippen LogP contribution in [0.3, 0.4) is 0 Å². The molecule has 2 aromatic rings. The molecule has 1 amide bonds. The van der Waals surface area contributed by atoms with Crippen LogP contribution in [0.15, 0.2) is 36.7 Å². The molecule has 0 spiro atoms. The van der Waals surface area contributed by atoms with Crippen LogP contribution in [0.2, 0.25) is 0 Å². The van der Waals surface area contributed by atoms with Crippen molar-refractivity contribution in [3.8, 4) is 0 Å². The Hall–Kier alpha value is -2.32. The molecule has 25 heavy (non-hydrogen) atoms. The lowest BCUT2D eigenvalue weighted by Crippen LogP contribution is -2.36. The van der Waals surface area contributed by atoms with Crippen LogP contribution in [-0.2, 0) is 29.5 Å². The van der Waals surface area contributed by atoms with Gasteiger partial charge in [-0.05, 0) is 35.2 Å². The van der Waals surface area contributed by atoms with Crippen LogP contribution in [0.1, 0.15) is 27.0 Å². The minimum absolute atomic E-state index is 0.222. The molecular formula is C17H18FN3O3S. The van der Waals surface area contributed by atoms with Gasteiger partial charge in [0.15, 0.2) is 0 Å². The van der Waals surface area contributed by atoms with Gasteiger partial charge >= 0.3 is 0 Å². The van der Waals surface area contributed by atoms with Crippen molar-refractivity contribution in [3.63, 3.8) is 0 Å². The second kappa shape index (κ2) is 6.89. The fourth-order valence-electron chi connectivity index (χ4n) is 2.83. The maximum absolute atomic E-state index is 12.9. The van der Waals surface area contributed by atoms with Crippen molar-refractivity contribution in [2.24, 2.45) is 0 Å². The summed E-state index contributed by atoms with van der Waals surface area (Å²) in [4.78, 5) is 16.5. The monoisotopic (exact) mass is 363 g/mol. The number of nitrogens with one attached hydrogen (secondary N) is 1. The Morgan fingerprint density at radius 3 is 2.68 bits per heavy atom. The van der Waals surface area contributed by atoms with E-state index in [0.717, 1.165) is 16.7 Å². The van der Waals surface area contributed by atoms with E-state index in [0.29, 0.717) is 18.5 Å². The number of pyridine rings is 1. The van der Waals surface area contributed by atoms with E-state index >= 15 is 0 Å². The molecule has 1 aliphatic heterocycles. The van der Waals surface area contributed by atoms with Crippen molar-refractivity contribution in [3.05, 3.63) is 64.7 Å². The second-order valence-electron chi connectivity index (χ2n) is 5.98. The van der Waals surface area contributed by atoms with Crippen LogP contribution in [0, 0.1) is 5.82 Å². The molecule has 0 fully saturated rings. The zero-order valence-corrected chi connectivity index (χ0v) is 14.5. The smallest absolute Gasteiger partial charge is 0.253 e. The van der Waals surface area contributed by atoms with Gasteiger partial charge in [-0.15, -0.1) is 0 Å². The van der Waals surface area contributed by atoms with Crippen molar-refractivity contribution in [1.82, 2.24) is 14.6 Å². The first-order valence-electron chi connectivity index (χ1n) is 7.78. The highest BCUT2D eigenvalue weighted by molar-refractivity contribution is 7.88. The molecule has 3 rings (SSSR count). The van der Waals surface area contributed by atoms with Crippen LogP contribution < -0.4 is 5.32 Å². The van der Waals surface area contributed by atoms with Gasteiger partial charge in [0.1, 0.15) is 5.82 Å². The Morgan fingerprint density at radius 1 is 1.28 bits per heavy atom. The van der Waals surface area contributed by atoms with E-state index in [1.165, 1.54) is 28.9 Å². The molecule has 8 heteroatoms. The summed E-state index contributed by atoms with van der Waals surface area (Å²) in [5.74, 6) is -0.603. The fourth-order valence-corrected chi connectivity index (χ4v) is 3.62. The van der Waals surface area contributed by atoms with E-state index in [4.69, 9.17) is 0 Å². The highest BCUT2D eigenvalue weighted by Crippen LogP contribution is 2.23. The first kappa shape index (κ1) is 17.5. The van der Waals surface area contributed by atoms with Gasteiger partial charge < -0.3 is 5.32 Å². The number of hydrogen-bond donors (Lipinski definition) is 1. The second-order valence-corrected chi connectivity index (χ2v) is 7.96. The van der Waals surface area contributed by atoms with E-state index in [1.54, 1.807) is 18.3 Å². The Balaban J connectivity index is 1.75. The first-order chi connectivity index (χ1) is 11.8. The highest BCUT2D eigenvalue weighted by atomic mass is 32.2. The number of nitrogens with zero attached hydrogens (tertiary/aromatic N) is 2. The number of aromatic nitrogens is 1. The minimum Gasteiger partial charge on any atom is -0.348 e. The molecule has 0 saturated carbocycles. The van der Waals surface area contributed by atoms with Gasteiger partial charge in [-0.3, -0.25) is 9.78 Å². The Kier molecular flexibility index (Phi) is 4.82. The zero-order valence-electron chi connectivity index (χ0n) is 13.7. The molecule has 0 aliphatic carbocycles. The van der Waals surface area contributed by atoms with Gasteiger partial charge in [-0.2, -0.15) is 4.31 Å². The maximum atomic E-state index is 12.9. The summed E-state index contributed by atoms with van der Waals surface area (Å²) in [6.45, 7) is 0.840. The summed E-state index contributed by atoms with van der Waals surface area (Å²) in [6.07, 6.45) is 4.73. The summed E-state index contributed by atoms with van der Waals surface area (Å²) in [5, 5.41) is 2.79. The number of sulfonamides is 1. The minimum atomic E-state index is -3.28. The third-order valence-electron chi connectivity index (χ3n) is 4.18. The highest BCUT2D eigenvalue weighted by Gasteiger charge is 2.26. The fraction of sp³-hybridized carbons (Fsp3) is 0.294. The number of carbonyl (C=O) groups excluding carboxylic acids is 1. The lowest BCUT2D eigenvalue weighted by molar-refractivity contribution is 0.0949. The lowest BCUT2D eigenvalue weighted by Gasteiger charge is -2.27. The third-order valence-corrected chi connectivity index (χ3v) is 5.43. The van der Waals surface area contributed by atoms with Crippen LogP contribution >= 0.6 is 0 Å². The topological polar surface area (TPSA) is 79.4 Å². The standard InChI is InChI=1S/C17H18FN3O3S/c1-25(23,24)21-7-6-15-13(11-21)9-19-10-16(15)17(22)20-8-12-2-4-14(18)5-3-12/h2-5,9-10H,6-8,11H2,1H3,(H,20,22). The molecule has 1 aromatic heterocycles. The summed E-state index contributed by atoms with van der Waals surface area (Å²) in [5.41, 5.74) is 2.81. The molecule has 0 unspecified atom stereocenters. The maximum Gasteiger partial charge on any atom is 0.253 e. The van der Waals surface area contributed by atoms with Crippen molar-refractivity contribution >= 4 is 15.9 Å². The Morgan fingerprint density at radius 2 is 2.00 bits per heavy atom. The summed E-state index contributed by atoms with van der Waals surface area (Å²) in [7, 11) is -3.28. The number of carbonyl (C=O) groups is 1. The van der Waals surface area contributed by atoms with E-state index in [1.807, 2.05) is 0 Å². The molecule has 1 N–H and O–H groups in total. The van der Waals surface area contributed by atoms with Crippen LogP contribution in [0.5, 0.6) is 0 Å². The SMILES string of the molecule is CS(=O)(=O)N1CCc2c(cncc2C(=O)NCc2ccc(F)cc2)C1. The van der Waals surface area contributed by atoms with Gasteiger partial charge in [0.2, 0.25) is 10.0 Å².